The Morgan fingerprint density at radius 1 is 1.71 bits per heavy atom. The first-order chi connectivity index (χ1) is 6.73. The Bertz CT molecular complexity index is 301. The second-order valence-corrected chi connectivity index (χ2v) is 4.29. The molecule has 1 aliphatic heterocycles. The van der Waals surface area contributed by atoms with Crippen LogP contribution in [0.25, 0.3) is 0 Å². The predicted molar refractivity (Wildman–Crippen MR) is 55.1 cm³/mol. The highest BCUT2D eigenvalue weighted by atomic mass is 16.3. The molecule has 2 heterocycles. The standard InChI is InChI=1S/C11H16N2O/c1-11(8-14)5-10(7-13-11)9-3-2-4-12-6-9/h2-4,6,10,13-14H,5,7-8H2,1H3. The molecule has 1 fully saturated rings. The minimum absolute atomic E-state index is 0.111. The highest BCUT2D eigenvalue weighted by Gasteiger charge is 2.34. The second-order valence-electron chi connectivity index (χ2n) is 4.29. The van der Waals surface area contributed by atoms with Crippen molar-refractivity contribution in [2.75, 3.05) is 13.2 Å². The molecule has 0 saturated carbocycles. The number of aliphatic hydroxyl groups excluding tert-OH is 1. The lowest BCUT2D eigenvalue weighted by Gasteiger charge is -2.20. The minimum atomic E-state index is -0.111. The van der Waals surface area contributed by atoms with Gasteiger partial charge in [0.1, 0.15) is 0 Å². The molecule has 1 saturated heterocycles. The summed E-state index contributed by atoms with van der Waals surface area (Å²) in [5, 5.41) is 12.6. The van der Waals surface area contributed by atoms with Crippen LogP contribution in [0.5, 0.6) is 0 Å². The van der Waals surface area contributed by atoms with Crippen LogP contribution in [0, 0.1) is 0 Å². The summed E-state index contributed by atoms with van der Waals surface area (Å²) in [6.07, 6.45) is 4.68. The van der Waals surface area contributed by atoms with Crippen molar-refractivity contribution in [1.29, 1.82) is 0 Å². The first-order valence-corrected chi connectivity index (χ1v) is 4.99. The first-order valence-electron chi connectivity index (χ1n) is 4.99. The minimum Gasteiger partial charge on any atom is -0.394 e. The van der Waals surface area contributed by atoms with Gasteiger partial charge in [-0.1, -0.05) is 6.07 Å². The summed E-state index contributed by atoms with van der Waals surface area (Å²) in [6.45, 7) is 3.19. The Kier molecular flexibility index (Phi) is 2.52. The number of aromatic nitrogens is 1. The summed E-state index contributed by atoms with van der Waals surface area (Å²) < 4.78 is 0. The first kappa shape index (κ1) is 9.62. The van der Waals surface area contributed by atoms with E-state index in [1.54, 1.807) is 6.20 Å². The maximum atomic E-state index is 9.21. The lowest BCUT2D eigenvalue weighted by Crippen LogP contribution is -2.39. The van der Waals surface area contributed by atoms with Gasteiger partial charge >= 0.3 is 0 Å². The van der Waals surface area contributed by atoms with Crippen molar-refractivity contribution in [3.63, 3.8) is 0 Å². The van der Waals surface area contributed by atoms with Gasteiger partial charge in [0, 0.05) is 24.5 Å². The van der Waals surface area contributed by atoms with Gasteiger partial charge in [-0.25, -0.2) is 0 Å². The van der Waals surface area contributed by atoms with E-state index >= 15 is 0 Å². The molecular formula is C11H16N2O. The molecule has 14 heavy (non-hydrogen) atoms. The molecule has 1 aliphatic rings. The van der Waals surface area contributed by atoms with Crippen LogP contribution in [-0.4, -0.2) is 28.8 Å². The van der Waals surface area contributed by atoms with Crippen LogP contribution >= 0.6 is 0 Å². The van der Waals surface area contributed by atoms with Gasteiger partial charge in [-0.15, -0.1) is 0 Å². The van der Waals surface area contributed by atoms with Gasteiger partial charge in [-0.2, -0.15) is 0 Å². The summed E-state index contributed by atoms with van der Waals surface area (Å²) in [5.41, 5.74) is 1.15. The molecule has 2 rings (SSSR count). The lowest BCUT2D eigenvalue weighted by atomic mass is 9.91. The van der Waals surface area contributed by atoms with Crippen LogP contribution in [0.4, 0.5) is 0 Å². The fraction of sp³-hybridized carbons (Fsp3) is 0.545. The molecule has 3 heteroatoms. The largest absolute Gasteiger partial charge is 0.394 e. The zero-order valence-corrected chi connectivity index (χ0v) is 8.40. The van der Waals surface area contributed by atoms with E-state index in [1.165, 1.54) is 5.56 Å². The van der Waals surface area contributed by atoms with Gasteiger partial charge in [-0.05, 0) is 30.9 Å². The van der Waals surface area contributed by atoms with Gasteiger partial charge in [0.25, 0.3) is 0 Å². The zero-order valence-electron chi connectivity index (χ0n) is 8.40. The smallest absolute Gasteiger partial charge is 0.0610 e. The molecule has 0 bridgehead atoms. The lowest BCUT2D eigenvalue weighted by molar-refractivity contribution is 0.191. The van der Waals surface area contributed by atoms with E-state index < -0.39 is 0 Å². The van der Waals surface area contributed by atoms with E-state index in [2.05, 4.69) is 23.3 Å². The quantitative estimate of drug-likeness (QED) is 0.732. The van der Waals surface area contributed by atoms with Gasteiger partial charge in [0.05, 0.1) is 6.61 Å². The van der Waals surface area contributed by atoms with Crippen molar-refractivity contribution >= 4 is 0 Å². The molecular weight excluding hydrogens is 176 g/mol. The average molecular weight is 192 g/mol. The molecule has 0 aromatic carbocycles. The molecule has 1 aromatic rings. The average Bonchev–Trinajstić information content (AvgIpc) is 2.63. The van der Waals surface area contributed by atoms with Crippen molar-refractivity contribution in [3.05, 3.63) is 30.1 Å². The number of hydrogen-bond acceptors (Lipinski definition) is 3. The van der Waals surface area contributed by atoms with Crippen LogP contribution in [0.1, 0.15) is 24.8 Å². The van der Waals surface area contributed by atoms with Crippen molar-refractivity contribution in [1.82, 2.24) is 10.3 Å². The Labute approximate surface area is 84.2 Å². The Balaban J connectivity index is 2.10. The summed E-state index contributed by atoms with van der Waals surface area (Å²) in [4.78, 5) is 4.11. The Morgan fingerprint density at radius 2 is 2.57 bits per heavy atom. The molecule has 3 nitrogen and oxygen atoms in total. The number of nitrogens with zero attached hydrogens (tertiary/aromatic N) is 1. The summed E-state index contributed by atoms with van der Waals surface area (Å²) >= 11 is 0. The van der Waals surface area contributed by atoms with Crippen molar-refractivity contribution in [3.8, 4) is 0 Å². The number of hydrogen-bond donors (Lipinski definition) is 2. The number of nitrogens with one attached hydrogen (secondary N) is 1. The summed E-state index contributed by atoms with van der Waals surface area (Å²) in [6, 6.07) is 4.06. The molecule has 76 valence electrons. The summed E-state index contributed by atoms with van der Waals surface area (Å²) in [5.74, 6) is 0.487. The van der Waals surface area contributed by atoms with Crippen molar-refractivity contribution < 1.29 is 5.11 Å². The highest BCUT2D eigenvalue weighted by molar-refractivity contribution is 5.19. The number of pyridine rings is 1. The highest BCUT2D eigenvalue weighted by Crippen LogP contribution is 2.30. The monoisotopic (exact) mass is 192 g/mol. The third-order valence-electron chi connectivity index (χ3n) is 2.98. The maximum Gasteiger partial charge on any atom is 0.0610 e. The molecule has 2 unspecified atom stereocenters. The van der Waals surface area contributed by atoms with Crippen molar-refractivity contribution in [2.24, 2.45) is 0 Å². The fourth-order valence-electron chi connectivity index (χ4n) is 2.03. The second kappa shape index (κ2) is 3.67. The Morgan fingerprint density at radius 3 is 3.14 bits per heavy atom. The van der Waals surface area contributed by atoms with Crippen LogP contribution in [0.15, 0.2) is 24.5 Å². The molecule has 1 aromatic heterocycles. The molecule has 2 atom stereocenters. The summed E-state index contributed by atoms with van der Waals surface area (Å²) in [7, 11) is 0. The van der Waals surface area contributed by atoms with Gasteiger partial charge in [0.15, 0.2) is 0 Å². The van der Waals surface area contributed by atoms with E-state index in [1.807, 2.05) is 12.3 Å². The van der Waals surface area contributed by atoms with Crippen molar-refractivity contribution in [2.45, 2.75) is 24.8 Å². The van der Waals surface area contributed by atoms with E-state index in [9.17, 15) is 5.11 Å². The van der Waals surface area contributed by atoms with E-state index in [-0.39, 0.29) is 12.1 Å². The maximum absolute atomic E-state index is 9.21. The molecule has 2 N–H and O–H groups in total. The Hall–Kier alpha value is -0.930. The van der Waals surface area contributed by atoms with Gasteiger partial charge in [0.2, 0.25) is 0 Å². The van der Waals surface area contributed by atoms with Gasteiger partial charge < -0.3 is 10.4 Å². The van der Waals surface area contributed by atoms with E-state index in [0.29, 0.717) is 5.92 Å². The number of rotatable bonds is 2. The third-order valence-corrected chi connectivity index (χ3v) is 2.98. The van der Waals surface area contributed by atoms with Gasteiger partial charge in [-0.3, -0.25) is 4.98 Å². The van der Waals surface area contributed by atoms with Crippen LogP contribution < -0.4 is 5.32 Å². The van der Waals surface area contributed by atoms with E-state index in [0.717, 1.165) is 13.0 Å². The molecule has 0 radical (unpaired) electrons. The van der Waals surface area contributed by atoms with Crippen LogP contribution in [0.2, 0.25) is 0 Å². The fourth-order valence-corrected chi connectivity index (χ4v) is 2.03. The zero-order chi connectivity index (χ0) is 10.0. The molecule has 0 amide bonds. The SMILES string of the molecule is CC1(CO)CC(c2cccnc2)CN1. The predicted octanol–water partition coefficient (Wildman–Crippen LogP) is 0.909. The number of aliphatic hydroxyl groups is 1. The normalized spacial score (nSPS) is 32.0. The third kappa shape index (κ3) is 1.79. The van der Waals surface area contributed by atoms with Crippen LogP contribution in [-0.2, 0) is 0 Å². The topological polar surface area (TPSA) is 45.2 Å². The molecule has 0 spiro atoms. The van der Waals surface area contributed by atoms with E-state index in [4.69, 9.17) is 0 Å². The molecule has 0 aliphatic carbocycles. The van der Waals surface area contributed by atoms with Crippen LogP contribution in [0.3, 0.4) is 0 Å².